The summed E-state index contributed by atoms with van der Waals surface area (Å²) in [5.74, 6) is 2.37. The molecule has 1 aliphatic rings. The van der Waals surface area contributed by atoms with Crippen LogP contribution in [-0.2, 0) is 10.8 Å². The van der Waals surface area contributed by atoms with E-state index in [1.54, 1.807) is 0 Å². The third-order valence-electron chi connectivity index (χ3n) is 2.86. The summed E-state index contributed by atoms with van der Waals surface area (Å²) in [4.78, 5) is 2.47. The van der Waals surface area contributed by atoms with Crippen LogP contribution in [-0.4, -0.2) is 53.3 Å². The summed E-state index contributed by atoms with van der Waals surface area (Å²) in [6.45, 7) is 7.54. The fraction of sp³-hybridized carbons (Fsp3) is 1.00. The van der Waals surface area contributed by atoms with Gasteiger partial charge in [0.05, 0.1) is 0 Å². The second-order valence-corrected chi connectivity index (χ2v) is 5.95. The molecule has 84 valence electrons. The van der Waals surface area contributed by atoms with Crippen molar-refractivity contribution in [2.75, 3.05) is 38.2 Å². The van der Waals surface area contributed by atoms with E-state index in [9.17, 15) is 4.21 Å². The van der Waals surface area contributed by atoms with Crippen molar-refractivity contribution in [3.8, 4) is 0 Å². The average molecular weight is 218 g/mol. The molecule has 1 rings (SSSR count). The highest BCUT2D eigenvalue weighted by Gasteiger charge is 2.24. The van der Waals surface area contributed by atoms with Crippen LogP contribution < -0.4 is 5.32 Å². The minimum Gasteiger partial charge on any atom is -0.318 e. The summed E-state index contributed by atoms with van der Waals surface area (Å²) in [5.41, 5.74) is 0. The maximum Gasteiger partial charge on any atom is 0.0363 e. The summed E-state index contributed by atoms with van der Waals surface area (Å²) < 4.78 is 11.2. The number of likely N-dealkylation sites (N-methyl/N-ethyl adjacent to an activating group) is 1. The lowest BCUT2D eigenvalue weighted by molar-refractivity contribution is 0.167. The van der Waals surface area contributed by atoms with E-state index in [2.05, 4.69) is 24.1 Å². The van der Waals surface area contributed by atoms with Crippen LogP contribution in [0, 0.1) is 5.92 Å². The number of rotatable bonds is 4. The first-order chi connectivity index (χ1) is 6.65. The van der Waals surface area contributed by atoms with Gasteiger partial charge < -0.3 is 5.32 Å². The maximum atomic E-state index is 11.2. The van der Waals surface area contributed by atoms with Crippen LogP contribution in [0.25, 0.3) is 0 Å². The van der Waals surface area contributed by atoms with Crippen LogP contribution in [0.3, 0.4) is 0 Å². The van der Waals surface area contributed by atoms with Crippen LogP contribution in [0.5, 0.6) is 0 Å². The third kappa shape index (κ3) is 3.33. The Kier molecular flexibility index (Phi) is 5.06. The molecule has 1 aliphatic heterocycles. The van der Waals surface area contributed by atoms with Crippen molar-refractivity contribution >= 4 is 10.8 Å². The summed E-state index contributed by atoms with van der Waals surface area (Å²) >= 11 is 0. The van der Waals surface area contributed by atoms with Gasteiger partial charge in [0, 0.05) is 48.0 Å². The lowest BCUT2D eigenvalue weighted by Crippen LogP contribution is -2.50. The molecule has 0 aromatic carbocycles. The Bertz CT molecular complexity index is 187. The average Bonchev–Trinajstić information content (AvgIpc) is 2.15. The van der Waals surface area contributed by atoms with Crippen LogP contribution in [0.15, 0.2) is 0 Å². The lowest BCUT2D eigenvalue weighted by atomic mass is 10.0. The van der Waals surface area contributed by atoms with E-state index in [1.165, 1.54) is 0 Å². The molecular formula is C10H22N2OS. The zero-order valence-corrected chi connectivity index (χ0v) is 10.3. The van der Waals surface area contributed by atoms with Crippen LogP contribution in [0.1, 0.15) is 13.8 Å². The van der Waals surface area contributed by atoms with Crippen LogP contribution in [0.2, 0.25) is 0 Å². The van der Waals surface area contributed by atoms with Gasteiger partial charge in [-0.15, -0.1) is 0 Å². The quantitative estimate of drug-likeness (QED) is 0.736. The van der Waals surface area contributed by atoms with E-state index in [-0.39, 0.29) is 0 Å². The van der Waals surface area contributed by atoms with E-state index in [1.807, 2.05) is 7.05 Å². The Morgan fingerprint density at radius 3 is 2.36 bits per heavy atom. The molecule has 14 heavy (non-hydrogen) atoms. The highest BCUT2D eigenvalue weighted by molar-refractivity contribution is 7.85. The van der Waals surface area contributed by atoms with Crippen molar-refractivity contribution in [2.24, 2.45) is 5.92 Å². The maximum absolute atomic E-state index is 11.2. The molecule has 0 aromatic rings. The minimum absolute atomic E-state index is 0.557. The molecule has 4 heteroatoms. The molecule has 0 aliphatic carbocycles. The van der Waals surface area contributed by atoms with Gasteiger partial charge in [0.25, 0.3) is 0 Å². The molecule has 0 aromatic heterocycles. The fourth-order valence-corrected chi connectivity index (χ4v) is 3.06. The van der Waals surface area contributed by atoms with E-state index in [0.717, 1.165) is 31.1 Å². The van der Waals surface area contributed by atoms with Crippen molar-refractivity contribution in [3.63, 3.8) is 0 Å². The van der Waals surface area contributed by atoms with E-state index in [0.29, 0.717) is 12.0 Å². The van der Waals surface area contributed by atoms with Crippen molar-refractivity contribution in [1.29, 1.82) is 0 Å². The molecule has 0 spiro atoms. The molecule has 1 unspecified atom stereocenters. The molecule has 0 bridgehead atoms. The van der Waals surface area contributed by atoms with Gasteiger partial charge in [-0.05, 0) is 13.0 Å². The molecule has 0 amide bonds. The number of hydrogen-bond donors (Lipinski definition) is 1. The van der Waals surface area contributed by atoms with Gasteiger partial charge in [-0.25, -0.2) is 0 Å². The van der Waals surface area contributed by atoms with E-state index in [4.69, 9.17) is 0 Å². The summed E-state index contributed by atoms with van der Waals surface area (Å²) in [7, 11) is 1.44. The van der Waals surface area contributed by atoms with Crippen LogP contribution >= 0.6 is 0 Å². The largest absolute Gasteiger partial charge is 0.318 e. The predicted octanol–water partition coefficient (Wildman–Crippen LogP) is 0.295. The molecule has 0 saturated carbocycles. The van der Waals surface area contributed by atoms with Gasteiger partial charge in [0.15, 0.2) is 0 Å². The Hall–Kier alpha value is 0.0700. The molecule has 1 N–H and O–H groups in total. The molecule has 0 radical (unpaired) electrons. The number of nitrogens with one attached hydrogen (secondary N) is 1. The molecule has 1 atom stereocenters. The topological polar surface area (TPSA) is 32.3 Å². The molecule has 1 heterocycles. The standard InChI is InChI=1S/C10H22N2OS/c1-9(2)10(8-11-3)12-4-6-14(13)7-5-12/h9-11H,4-8H2,1-3H3. The van der Waals surface area contributed by atoms with Gasteiger partial charge in [-0.1, -0.05) is 13.8 Å². The van der Waals surface area contributed by atoms with Gasteiger partial charge in [0.1, 0.15) is 0 Å². The Morgan fingerprint density at radius 2 is 1.93 bits per heavy atom. The SMILES string of the molecule is CNCC(C(C)C)N1CCS(=O)CC1. The van der Waals surface area contributed by atoms with Crippen molar-refractivity contribution in [3.05, 3.63) is 0 Å². The molecule has 3 nitrogen and oxygen atoms in total. The zero-order chi connectivity index (χ0) is 10.6. The monoisotopic (exact) mass is 218 g/mol. The second kappa shape index (κ2) is 5.83. The van der Waals surface area contributed by atoms with Gasteiger partial charge >= 0.3 is 0 Å². The lowest BCUT2D eigenvalue weighted by Gasteiger charge is -2.36. The summed E-state index contributed by atoms with van der Waals surface area (Å²) in [6, 6.07) is 0.595. The van der Waals surface area contributed by atoms with Crippen molar-refractivity contribution in [1.82, 2.24) is 10.2 Å². The number of hydrogen-bond acceptors (Lipinski definition) is 3. The smallest absolute Gasteiger partial charge is 0.0363 e. The number of nitrogens with zero attached hydrogens (tertiary/aromatic N) is 1. The minimum atomic E-state index is -0.557. The molecular weight excluding hydrogens is 196 g/mol. The first-order valence-corrected chi connectivity index (χ1v) is 6.87. The normalized spacial score (nSPS) is 22.9. The van der Waals surface area contributed by atoms with Crippen molar-refractivity contribution < 1.29 is 4.21 Å². The van der Waals surface area contributed by atoms with Crippen LogP contribution in [0.4, 0.5) is 0 Å². The summed E-state index contributed by atoms with van der Waals surface area (Å²) in [5, 5.41) is 3.24. The first-order valence-electron chi connectivity index (χ1n) is 5.38. The Labute approximate surface area is 89.7 Å². The van der Waals surface area contributed by atoms with Gasteiger partial charge in [0.2, 0.25) is 0 Å². The summed E-state index contributed by atoms with van der Waals surface area (Å²) in [6.07, 6.45) is 0. The first kappa shape index (κ1) is 12.1. The molecule has 1 saturated heterocycles. The highest BCUT2D eigenvalue weighted by atomic mass is 32.2. The third-order valence-corrected chi connectivity index (χ3v) is 4.14. The Morgan fingerprint density at radius 1 is 1.36 bits per heavy atom. The van der Waals surface area contributed by atoms with E-state index >= 15 is 0 Å². The second-order valence-electron chi connectivity index (χ2n) is 4.25. The van der Waals surface area contributed by atoms with E-state index < -0.39 is 10.8 Å². The fourth-order valence-electron chi connectivity index (χ4n) is 1.98. The van der Waals surface area contributed by atoms with Gasteiger partial charge in [-0.3, -0.25) is 9.11 Å². The Balaban J connectivity index is 2.47. The predicted molar refractivity (Wildman–Crippen MR) is 62.0 cm³/mol. The van der Waals surface area contributed by atoms with Gasteiger partial charge in [-0.2, -0.15) is 0 Å². The highest BCUT2D eigenvalue weighted by Crippen LogP contribution is 2.12. The molecule has 1 fully saturated rings. The van der Waals surface area contributed by atoms with Crippen molar-refractivity contribution in [2.45, 2.75) is 19.9 Å². The zero-order valence-electron chi connectivity index (χ0n) is 9.45.